The van der Waals surface area contributed by atoms with Gasteiger partial charge in [0.05, 0.1) is 5.69 Å². The summed E-state index contributed by atoms with van der Waals surface area (Å²) >= 11 is 1.38. The van der Waals surface area contributed by atoms with Gasteiger partial charge in [-0.25, -0.2) is 4.98 Å². The molecule has 1 aliphatic heterocycles. The minimum Gasteiger partial charge on any atom is -0.381 e. The third kappa shape index (κ3) is 5.12. The lowest BCUT2D eigenvalue weighted by atomic mass is 9.90. The number of thiazole rings is 1. The third-order valence-corrected chi connectivity index (χ3v) is 5.36. The summed E-state index contributed by atoms with van der Waals surface area (Å²) in [5.41, 5.74) is 8.24. The zero-order valence-electron chi connectivity index (χ0n) is 15.3. The number of nitrogens with zero attached hydrogens (tertiary/aromatic N) is 1. The van der Waals surface area contributed by atoms with Crippen molar-refractivity contribution >= 4 is 28.3 Å². The Balaban J connectivity index is 1.60. The normalized spacial score (nSPS) is 15.9. The highest BCUT2D eigenvalue weighted by Gasteiger charge is 2.36. The predicted octanol–water partition coefficient (Wildman–Crippen LogP) is 1.94. The molecular weight excluding hydrogens is 364 g/mol. The van der Waals surface area contributed by atoms with E-state index in [-0.39, 0.29) is 11.8 Å². The number of carbonyl (C=O) groups is 2. The molecule has 0 atom stereocenters. The SMILES string of the molecule is CC(=O)NCCc1ccc(-c2csc(NC(=O)C3(N)CCOCC3)n2)cc1. The van der Waals surface area contributed by atoms with Crippen LogP contribution in [0.4, 0.5) is 5.13 Å². The number of hydrogen-bond donors (Lipinski definition) is 3. The Morgan fingerprint density at radius 3 is 2.63 bits per heavy atom. The van der Waals surface area contributed by atoms with Crippen LogP contribution in [0, 0.1) is 0 Å². The predicted molar refractivity (Wildman–Crippen MR) is 106 cm³/mol. The van der Waals surface area contributed by atoms with Crippen LogP contribution < -0.4 is 16.4 Å². The van der Waals surface area contributed by atoms with Crippen molar-refractivity contribution in [2.45, 2.75) is 31.7 Å². The molecule has 1 aromatic heterocycles. The van der Waals surface area contributed by atoms with Gasteiger partial charge in [-0.15, -0.1) is 11.3 Å². The number of ether oxygens (including phenoxy) is 1. The summed E-state index contributed by atoms with van der Waals surface area (Å²) in [5.74, 6) is -0.233. The van der Waals surface area contributed by atoms with Crippen molar-refractivity contribution in [3.63, 3.8) is 0 Å². The summed E-state index contributed by atoms with van der Waals surface area (Å²) in [6.45, 7) is 3.13. The maximum Gasteiger partial charge on any atom is 0.246 e. The van der Waals surface area contributed by atoms with Crippen LogP contribution >= 0.6 is 11.3 Å². The van der Waals surface area contributed by atoms with Gasteiger partial charge in [0.15, 0.2) is 5.13 Å². The van der Waals surface area contributed by atoms with Gasteiger partial charge in [-0.2, -0.15) is 0 Å². The summed E-state index contributed by atoms with van der Waals surface area (Å²) in [4.78, 5) is 27.9. The molecular formula is C19H24N4O3S. The van der Waals surface area contributed by atoms with Gasteiger partial charge >= 0.3 is 0 Å². The highest BCUT2D eigenvalue weighted by atomic mass is 32.1. The number of benzene rings is 1. The molecule has 1 aromatic carbocycles. The second-order valence-electron chi connectivity index (χ2n) is 6.69. The molecule has 144 valence electrons. The number of aromatic nitrogens is 1. The molecule has 0 radical (unpaired) electrons. The van der Waals surface area contributed by atoms with Crippen molar-refractivity contribution in [3.05, 3.63) is 35.2 Å². The number of rotatable bonds is 6. The molecule has 8 heteroatoms. The molecule has 1 saturated heterocycles. The molecule has 1 aliphatic rings. The molecule has 0 unspecified atom stereocenters. The highest BCUT2D eigenvalue weighted by molar-refractivity contribution is 7.14. The smallest absolute Gasteiger partial charge is 0.246 e. The van der Waals surface area contributed by atoms with E-state index in [0.29, 0.717) is 37.7 Å². The lowest BCUT2D eigenvalue weighted by molar-refractivity contribution is -0.124. The van der Waals surface area contributed by atoms with E-state index in [4.69, 9.17) is 10.5 Å². The average molecular weight is 388 g/mol. The van der Waals surface area contributed by atoms with Crippen molar-refractivity contribution in [2.24, 2.45) is 5.73 Å². The molecule has 0 spiro atoms. The number of amides is 2. The van der Waals surface area contributed by atoms with Gasteiger partial charge in [0.2, 0.25) is 11.8 Å². The Morgan fingerprint density at radius 1 is 1.26 bits per heavy atom. The van der Waals surface area contributed by atoms with Crippen LogP contribution in [0.2, 0.25) is 0 Å². The maximum absolute atomic E-state index is 12.5. The van der Waals surface area contributed by atoms with Crippen molar-refractivity contribution < 1.29 is 14.3 Å². The standard InChI is InChI=1S/C19H24N4O3S/c1-13(24)21-9-6-14-2-4-15(5-3-14)16-12-27-18(22-16)23-17(25)19(20)7-10-26-11-8-19/h2-5,12H,6-11,20H2,1H3,(H,21,24)(H,22,23,25). The van der Waals surface area contributed by atoms with Gasteiger partial charge in [0.25, 0.3) is 0 Å². The number of nitrogens with two attached hydrogens (primary N) is 1. The van der Waals surface area contributed by atoms with Gasteiger partial charge in [0, 0.05) is 37.6 Å². The average Bonchev–Trinajstić information content (AvgIpc) is 3.11. The van der Waals surface area contributed by atoms with Crippen molar-refractivity contribution in [1.29, 1.82) is 0 Å². The van der Waals surface area contributed by atoms with Gasteiger partial charge in [-0.3, -0.25) is 9.59 Å². The van der Waals surface area contributed by atoms with Gasteiger partial charge in [0.1, 0.15) is 5.54 Å². The van der Waals surface area contributed by atoms with E-state index in [1.54, 1.807) is 0 Å². The summed E-state index contributed by atoms with van der Waals surface area (Å²) in [6, 6.07) is 8.02. The van der Waals surface area contributed by atoms with E-state index in [2.05, 4.69) is 15.6 Å². The molecule has 2 amide bonds. The minimum absolute atomic E-state index is 0.0244. The monoisotopic (exact) mass is 388 g/mol. The largest absolute Gasteiger partial charge is 0.381 e. The molecule has 27 heavy (non-hydrogen) atoms. The van der Waals surface area contributed by atoms with Crippen LogP contribution in [0.5, 0.6) is 0 Å². The van der Waals surface area contributed by atoms with E-state index < -0.39 is 5.54 Å². The summed E-state index contributed by atoms with van der Waals surface area (Å²) < 4.78 is 5.28. The van der Waals surface area contributed by atoms with Crippen LogP contribution in [0.15, 0.2) is 29.6 Å². The van der Waals surface area contributed by atoms with Gasteiger partial charge < -0.3 is 21.1 Å². The Labute approximate surface area is 162 Å². The topological polar surface area (TPSA) is 106 Å². The Morgan fingerprint density at radius 2 is 1.96 bits per heavy atom. The number of nitrogens with one attached hydrogen (secondary N) is 2. The van der Waals surface area contributed by atoms with Crippen molar-refractivity contribution in [3.8, 4) is 11.3 Å². The molecule has 1 fully saturated rings. The van der Waals surface area contributed by atoms with E-state index >= 15 is 0 Å². The zero-order valence-corrected chi connectivity index (χ0v) is 16.1. The van der Waals surface area contributed by atoms with Gasteiger partial charge in [-0.05, 0) is 24.8 Å². The second kappa shape index (κ2) is 8.60. The van der Waals surface area contributed by atoms with Crippen LogP contribution in [0.3, 0.4) is 0 Å². The molecule has 0 aliphatic carbocycles. The molecule has 3 rings (SSSR count). The highest BCUT2D eigenvalue weighted by Crippen LogP contribution is 2.27. The lowest BCUT2D eigenvalue weighted by Crippen LogP contribution is -2.54. The van der Waals surface area contributed by atoms with Gasteiger partial charge in [-0.1, -0.05) is 24.3 Å². The maximum atomic E-state index is 12.5. The first kappa shape index (κ1) is 19.5. The zero-order chi connectivity index (χ0) is 19.3. The first-order valence-corrected chi connectivity index (χ1v) is 9.82. The van der Waals surface area contributed by atoms with Crippen molar-refractivity contribution in [1.82, 2.24) is 10.3 Å². The third-order valence-electron chi connectivity index (χ3n) is 4.60. The summed E-state index contributed by atoms with van der Waals surface area (Å²) in [7, 11) is 0. The first-order valence-electron chi connectivity index (χ1n) is 8.94. The molecule has 2 aromatic rings. The number of anilines is 1. The fourth-order valence-electron chi connectivity index (χ4n) is 2.87. The summed E-state index contributed by atoms with van der Waals surface area (Å²) in [6.07, 6.45) is 1.80. The lowest BCUT2D eigenvalue weighted by Gasteiger charge is -2.31. The Bertz CT molecular complexity index is 798. The number of hydrogen-bond acceptors (Lipinski definition) is 6. The molecule has 4 N–H and O–H groups in total. The molecule has 0 saturated carbocycles. The first-order chi connectivity index (χ1) is 13.0. The summed E-state index contributed by atoms with van der Waals surface area (Å²) in [5, 5.41) is 8.08. The van der Waals surface area contributed by atoms with E-state index in [0.717, 1.165) is 23.2 Å². The van der Waals surface area contributed by atoms with E-state index in [1.165, 1.54) is 18.3 Å². The quantitative estimate of drug-likeness (QED) is 0.701. The van der Waals surface area contributed by atoms with Crippen LogP contribution in [-0.4, -0.2) is 42.1 Å². The molecule has 7 nitrogen and oxygen atoms in total. The second-order valence-corrected chi connectivity index (χ2v) is 7.55. The van der Waals surface area contributed by atoms with Crippen LogP contribution in [-0.2, 0) is 20.7 Å². The van der Waals surface area contributed by atoms with E-state index in [9.17, 15) is 9.59 Å². The fraction of sp³-hybridized carbons (Fsp3) is 0.421. The molecule has 0 bridgehead atoms. The Hall–Kier alpha value is -2.29. The molecule has 2 heterocycles. The van der Waals surface area contributed by atoms with Crippen LogP contribution in [0.25, 0.3) is 11.3 Å². The minimum atomic E-state index is -0.889. The number of carbonyl (C=O) groups excluding carboxylic acids is 2. The van der Waals surface area contributed by atoms with Crippen molar-refractivity contribution in [2.75, 3.05) is 25.1 Å². The van der Waals surface area contributed by atoms with Crippen LogP contribution in [0.1, 0.15) is 25.3 Å². The Kier molecular flexibility index (Phi) is 6.20. The fourth-order valence-corrected chi connectivity index (χ4v) is 3.59. The van der Waals surface area contributed by atoms with E-state index in [1.807, 2.05) is 29.6 Å².